The van der Waals surface area contributed by atoms with E-state index in [4.69, 9.17) is 0 Å². The SMILES string of the molecule is Fc1ccc2nc(C3CC3)n(-c3nncc(Nc4ccc(C(F)(F)F)cc4)n3)c2c1. The second-order valence-corrected chi connectivity index (χ2v) is 7.05. The van der Waals surface area contributed by atoms with E-state index in [9.17, 15) is 17.6 Å². The first kappa shape index (κ1) is 18.5. The third-order valence-corrected chi connectivity index (χ3v) is 4.82. The van der Waals surface area contributed by atoms with E-state index in [2.05, 4.69) is 25.5 Å². The Morgan fingerprint density at radius 1 is 1.00 bits per heavy atom. The van der Waals surface area contributed by atoms with E-state index in [1.807, 2.05) is 0 Å². The topological polar surface area (TPSA) is 68.5 Å². The van der Waals surface area contributed by atoms with Crippen LogP contribution in [0.3, 0.4) is 0 Å². The Morgan fingerprint density at radius 3 is 2.47 bits per heavy atom. The largest absolute Gasteiger partial charge is 0.416 e. The molecule has 2 heterocycles. The van der Waals surface area contributed by atoms with Crippen LogP contribution >= 0.6 is 0 Å². The summed E-state index contributed by atoms with van der Waals surface area (Å²) in [6.07, 6.45) is -1.09. The molecule has 0 radical (unpaired) electrons. The van der Waals surface area contributed by atoms with E-state index in [0.29, 0.717) is 22.5 Å². The van der Waals surface area contributed by atoms with Gasteiger partial charge in [-0.2, -0.15) is 23.3 Å². The molecule has 0 saturated heterocycles. The molecule has 0 atom stereocenters. The Balaban J connectivity index is 1.51. The molecule has 4 aromatic rings. The lowest BCUT2D eigenvalue weighted by Crippen LogP contribution is -2.08. The Labute approximate surface area is 167 Å². The maximum atomic E-state index is 13.9. The molecule has 2 aromatic carbocycles. The minimum absolute atomic E-state index is 0.210. The predicted octanol–water partition coefficient (Wildman–Crippen LogP) is 4.99. The molecule has 10 heteroatoms. The number of aromatic nitrogens is 5. The number of hydrogen-bond acceptors (Lipinski definition) is 5. The van der Waals surface area contributed by atoms with Gasteiger partial charge in [0.25, 0.3) is 5.95 Å². The van der Waals surface area contributed by atoms with Gasteiger partial charge in [-0.25, -0.2) is 9.37 Å². The van der Waals surface area contributed by atoms with E-state index in [1.165, 1.54) is 30.5 Å². The Morgan fingerprint density at radius 2 is 1.77 bits per heavy atom. The molecular formula is C20H14F4N6. The summed E-state index contributed by atoms with van der Waals surface area (Å²) in [5, 5.41) is 10.9. The number of halogens is 4. The Hall–Kier alpha value is -3.56. The van der Waals surface area contributed by atoms with Crippen molar-refractivity contribution in [2.24, 2.45) is 0 Å². The van der Waals surface area contributed by atoms with Gasteiger partial charge in [0, 0.05) is 17.7 Å². The monoisotopic (exact) mass is 414 g/mol. The van der Waals surface area contributed by atoms with Gasteiger partial charge in [0.1, 0.15) is 11.6 Å². The average molecular weight is 414 g/mol. The lowest BCUT2D eigenvalue weighted by Gasteiger charge is -2.10. The standard InChI is InChI=1S/C20H14F4N6/c21-13-5-8-15-16(9-13)30(18(27-15)11-1-2-11)19-28-17(10-25-29-19)26-14-6-3-12(4-7-14)20(22,23)24/h3-11H,1-2H2,(H,26,28,29). The van der Waals surface area contributed by atoms with Crippen molar-refractivity contribution in [1.82, 2.24) is 24.7 Å². The molecule has 0 spiro atoms. The fourth-order valence-electron chi connectivity index (χ4n) is 3.23. The molecule has 5 rings (SSSR count). The van der Waals surface area contributed by atoms with Crippen molar-refractivity contribution in [3.05, 3.63) is 65.9 Å². The van der Waals surface area contributed by atoms with Crippen molar-refractivity contribution in [3.63, 3.8) is 0 Å². The Bertz CT molecular complexity index is 1230. The molecule has 0 amide bonds. The second kappa shape index (κ2) is 6.75. The first-order chi connectivity index (χ1) is 14.4. The van der Waals surface area contributed by atoms with E-state index in [1.54, 1.807) is 10.6 Å². The predicted molar refractivity (Wildman–Crippen MR) is 101 cm³/mol. The molecule has 1 saturated carbocycles. The number of hydrogen-bond donors (Lipinski definition) is 1. The van der Waals surface area contributed by atoms with Gasteiger partial charge in [-0.3, -0.25) is 4.57 Å². The first-order valence-electron chi connectivity index (χ1n) is 9.21. The van der Waals surface area contributed by atoms with Crippen LogP contribution in [0, 0.1) is 5.82 Å². The summed E-state index contributed by atoms with van der Waals surface area (Å²) in [4.78, 5) is 9.03. The summed E-state index contributed by atoms with van der Waals surface area (Å²) < 4.78 is 53.7. The number of fused-ring (bicyclic) bond motifs is 1. The average Bonchev–Trinajstić information content (AvgIpc) is 3.49. The van der Waals surface area contributed by atoms with Crippen LogP contribution in [0.4, 0.5) is 29.1 Å². The van der Waals surface area contributed by atoms with Gasteiger partial charge in [-0.1, -0.05) is 0 Å². The lowest BCUT2D eigenvalue weighted by molar-refractivity contribution is -0.137. The summed E-state index contributed by atoms with van der Waals surface area (Å²) in [7, 11) is 0. The molecule has 1 aliphatic carbocycles. The molecule has 152 valence electrons. The smallest absolute Gasteiger partial charge is 0.339 e. The third-order valence-electron chi connectivity index (χ3n) is 4.82. The maximum Gasteiger partial charge on any atom is 0.416 e. The summed E-state index contributed by atoms with van der Waals surface area (Å²) >= 11 is 0. The van der Waals surface area contributed by atoms with Crippen LogP contribution in [0.1, 0.15) is 30.1 Å². The normalized spacial score (nSPS) is 14.3. The molecule has 1 N–H and O–H groups in total. The first-order valence-corrected chi connectivity index (χ1v) is 9.21. The molecule has 0 aliphatic heterocycles. The molecule has 2 aromatic heterocycles. The number of rotatable bonds is 4. The third kappa shape index (κ3) is 3.44. The van der Waals surface area contributed by atoms with Crippen LogP contribution in [0.2, 0.25) is 0 Å². The van der Waals surface area contributed by atoms with Gasteiger partial charge < -0.3 is 5.32 Å². The number of nitrogens with zero attached hydrogens (tertiary/aromatic N) is 5. The fraction of sp³-hybridized carbons (Fsp3) is 0.200. The van der Waals surface area contributed by atoms with Gasteiger partial charge in [-0.15, -0.1) is 5.10 Å². The van der Waals surface area contributed by atoms with Crippen LogP contribution in [0.5, 0.6) is 0 Å². The second-order valence-electron chi connectivity index (χ2n) is 7.05. The summed E-state index contributed by atoms with van der Waals surface area (Å²) in [5.74, 6) is 1.08. The van der Waals surface area contributed by atoms with Gasteiger partial charge >= 0.3 is 6.18 Å². The van der Waals surface area contributed by atoms with Crippen molar-refractivity contribution in [3.8, 4) is 5.95 Å². The van der Waals surface area contributed by atoms with Gasteiger partial charge in [-0.05, 0) is 49.2 Å². The van der Waals surface area contributed by atoms with Crippen molar-refractivity contribution in [1.29, 1.82) is 0 Å². The molecular weight excluding hydrogens is 400 g/mol. The summed E-state index contributed by atoms with van der Waals surface area (Å²) in [5.41, 5.74) is 0.835. The minimum atomic E-state index is -4.40. The van der Waals surface area contributed by atoms with Crippen molar-refractivity contribution in [2.75, 3.05) is 5.32 Å². The zero-order chi connectivity index (χ0) is 20.9. The Kier molecular flexibility index (Phi) is 4.16. The van der Waals surface area contributed by atoms with E-state index in [0.717, 1.165) is 30.8 Å². The lowest BCUT2D eigenvalue weighted by atomic mass is 10.2. The highest BCUT2D eigenvalue weighted by atomic mass is 19.4. The summed E-state index contributed by atoms with van der Waals surface area (Å²) in [6.45, 7) is 0. The van der Waals surface area contributed by atoms with Crippen LogP contribution in [0.15, 0.2) is 48.7 Å². The van der Waals surface area contributed by atoms with Crippen molar-refractivity contribution in [2.45, 2.75) is 24.9 Å². The quantitative estimate of drug-likeness (QED) is 0.477. The maximum absolute atomic E-state index is 13.9. The van der Waals surface area contributed by atoms with Crippen molar-refractivity contribution < 1.29 is 17.6 Å². The molecule has 1 fully saturated rings. The van der Waals surface area contributed by atoms with Crippen LogP contribution in [-0.2, 0) is 6.18 Å². The number of alkyl halides is 3. The van der Waals surface area contributed by atoms with Gasteiger partial charge in [0.2, 0.25) is 0 Å². The van der Waals surface area contributed by atoms with Gasteiger partial charge in [0.15, 0.2) is 5.82 Å². The number of nitrogens with one attached hydrogen (secondary N) is 1. The van der Waals surface area contributed by atoms with Crippen LogP contribution in [0.25, 0.3) is 17.0 Å². The van der Waals surface area contributed by atoms with Crippen LogP contribution in [-0.4, -0.2) is 24.7 Å². The zero-order valence-electron chi connectivity index (χ0n) is 15.4. The molecule has 0 bridgehead atoms. The van der Waals surface area contributed by atoms with E-state index < -0.39 is 17.6 Å². The molecule has 0 unspecified atom stereocenters. The fourth-order valence-corrected chi connectivity index (χ4v) is 3.23. The van der Waals surface area contributed by atoms with E-state index in [-0.39, 0.29) is 11.9 Å². The van der Waals surface area contributed by atoms with Crippen molar-refractivity contribution >= 4 is 22.5 Å². The van der Waals surface area contributed by atoms with Gasteiger partial charge in [0.05, 0.1) is 22.8 Å². The number of imidazole rings is 1. The number of benzene rings is 2. The highest BCUT2D eigenvalue weighted by molar-refractivity contribution is 5.78. The highest BCUT2D eigenvalue weighted by Gasteiger charge is 2.31. The van der Waals surface area contributed by atoms with E-state index >= 15 is 0 Å². The number of anilines is 2. The summed E-state index contributed by atoms with van der Waals surface area (Å²) in [6, 6.07) is 8.89. The zero-order valence-corrected chi connectivity index (χ0v) is 15.4. The minimum Gasteiger partial charge on any atom is -0.339 e. The molecule has 1 aliphatic rings. The molecule has 6 nitrogen and oxygen atoms in total. The molecule has 30 heavy (non-hydrogen) atoms. The highest BCUT2D eigenvalue weighted by Crippen LogP contribution is 2.41. The van der Waals surface area contributed by atoms with Crippen LogP contribution < -0.4 is 5.32 Å².